The Morgan fingerprint density at radius 3 is 2.59 bits per heavy atom. The van der Waals surface area contributed by atoms with Crippen molar-refractivity contribution >= 4 is 5.78 Å². The second-order valence-electron chi connectivity index (χ2n) is 11.8. The molecule has 0 unspecified atom stereocenters. The van der Waals surface area contributed by atoms with Gasteiger partial charge in [-0.2, -0.15) is 0 Å². The number of hydrogen-bond acceptors (Lipinski definition) is 4. The molecule has 4 nitrogen and oxygen atoms in total. The van der Waals surface area contributed by atoms with Gasteiger partial charge >= 0.3 is 0 Å². The van der Waals surface area contributed by atoms with Crippen molar-refractivity contribution < 1.29 is 20.1 Å². The largest absolute Gasteiger partial charge is 0.393 e. The first-order valence-electron chi connectivity index (χ1n) is 13.5. The molecule has 0 heterocycles. The summed E-state index contributed by atoms with van der Waals surface area (Å²) in [5.41, 5.74) is 2.94. The number of aliphatic hydroxyl groups excluding tert-OH is 3. The Bertz CT molecular complexity index is 891. The molecule has 3 N–H and O–H groups in total. The van der Waals surface area contributed by atoms with Crippen molar-refractivity contribution in [1.82, 2.24) is 0 Å². The molecule has 0 aromatic carbocycles. The number of allylic oxidation sites excluding steroid dienone is 4. The summed E-state index contributed by atoms with van der Waals surface area (Å²) in [6.07, 6.45) is 15.6. The van der Waals surface area contributed by atoms with Crippen molar-refractivity contribution in [2.45, 2.75) is 103 Å². The molecule has 0 spiro atoms. The van der Waals surface area contributed by atoms with E-state index in [2.05, 4.69) is 38.7 Å². The van der Waals surface area contributed by atoms with E-state index in [1.54, 1.807) is 0 Å². The van der Waals surface area contributed by atoms with Crippen LogP contribution < -0.4 is 0 Å². The first-order chi connectivity index (χ1) is 16.1. The lowest BCUT2D eigenvalue weighted by molar-refractivity contribution is -0.126. The molecule has 0 radical (unpaired) electrons. The molecule has 0 amide bonds. The van der Waals surface area contributed by atoms with E-state index in [1.165, 1.54) is 31.3 Å². The molecule has 0 aromatic heterocycles. The van der Waals surface area contributed by atoms with Gasteiger partial charge < -0.3 is 15.3 Å². The molecule has 4 saturated carbocycles. The molecule has 4 aliphatic rings. The minimum absolute atomic E-state index is 0.196. The highest BCUT2D eigenvalue weighted by atomic mass is 16.3. The Morgan fingerprint density at radius 2 is 1.91 bits per heavy atom. The average molecular weight is 469 g/mol. The van der Waals surface area contributed by atoms with Crippen LogP contribution in [0.15, 0.2) is 47.6 Å². The summed E-state index contributed by atoms with van der Waals surface area (Å²) < 4.78 is 0. The number of hydrogen-bond donors (Lipinski definition) is 3. The standard InChI is InChI=1S/C30H44O4/c1-5-27(33)30(15-16-30)28(34)13-8-19(2)24-11-12-25-21(7-6-14-29(24,25)4)9-10-22-17-23(31)18-26(32)20(22)3/h8-10,13,19,23-26,28,31-32,34H,3,5-7,11-12,14-18H2,1-2,4H3/b13-8+,21-9+,22-10-/t19-,23-,24-,25+,26+,28-,29-/m1/s1. The summed E-state index contributed by atoms with van der Waals surface area (Å²) in [6, 6.07) is 0. The van der Waals surface area contributed by atoms with Gasteiger partial charge in [-0.05, 0) is 85.7 Å². The van der Waals surface area contributed by atoms with E-state index in [1.807, 2.05) is 13.0 Å². The number of aliphatic hydroxyl groups is 3. The maximum absolute atomic E-state index is 12.3. The lowest BCUT2D eigenvalue weighted by Gasteiger charge is -2.44. The predicted octanol–water partition coefficient (Wildman–Crippen LogP) is 5.44. The van der Waals surface area contributed by atoms with Gasteiger partial charge in [0.1, 0.15) is 5.78 Å². The zero-order chi connectivity index (χ0) is 24.7. The fourth-order valence-corrected chi connectivity index (χ4v) is 7.43. The van der Waals surface area contributed by atoms with Crippen LogP contribution >= 0.6 is 0 Å². The highest BCUT2D eigenvalue weighted by molar-refractivity contribution is 5.88. The number of ketones is 1. The van der Waals surface area contributed by atoms with Crippen molar-refractivity contribution in [3.8, 4) is 0 Å². The van der Waals surface area contributed by atoms with Gasteiger partial charge in [-0.15, -0.1) is 0 Å². The highest BCUT2D eigenvalue weighted by Crippen LogP contribution is 2.59. The third kappa shape index (κ3) is 4.66. The van der Waals surface area contributed by atoms with E-state index < -0.39 is 23.7 Å². The van der Waals surface area contributed by atoms with Gasteiger partial charge in [-0.3, -0.25) is 4.79 Å². The summed E-state index contributed by atoms with van der Waals surface area (Å²) in [4.78, 5) is 12.3. The number of fused-ring (bicyclic) bond motifs is 1. The van der Waals surface area contributed by atoms with Gasteiger partial charge in [0, 0.05) is 12.8 Å². The van der Waals surface area contributed by atoms with Crippen LogP contribution in [0.5, 0.6) is 0 Å². The smallest absolute Gasteiger partial charge is 0.141 e. The Kier molecular flexibility index (Phi) is 7.43. The first-order valence-corrected chi connectivity index (χ1v) is 13.5. The molecule has 0 aromatic rings. The summed E-state index contributed by atoms with van der Waals surface area (Å²) in [5.74, 6) is 1.66. The Balaban J connectivity index is 1.47. The van der Waals surface area contributed by atoms with Gasteiger partial charge in [0.15, 0.2) is 0 Å². The second kappa shape index (κ2) is 9.87. The van der Waals surface area contributed by atoms with E-state index in [0.29, 0.717) is 37.0 Å². The maximum atomic E-state index is 12.3. The average Bonchev–Trinajstić information content (AvgIpc) is 3.54. The number of rotatable bonds is 7. The van der Waals surface area contributed by atoms with Crippen molar-refractivity contribution in [3.05, 3.63) is 47.6 Å². The Hall–Kier alpha value is -1.49. The van der Waals surface area contributed by atoms with Crippen LogP contribution in [0.2, 0.25) is 0 Å². The lowest BCUT2D eigenvalue weighted by atomic mass is 9.61. The molecule has 0 saturated heterocycles. The highest BCUT2D eigenvalue weighted by Gasteiger charge is 2.53. The van der Waals surface area contributed by atoms with Crippen LogP contribution in [0.25, 0.3) is 0 Å². The molecule has 0 aliphatic heterocycles. The molecular formula is C30H44O4. The molecule has 4 aliphatic carbocycles. The van der Waals surface area contributed by atoms with Gasteiger partial charge in [0.05, 0.1) is 23.7 Å². The summed E-state index contributed by atoms with van der Waals surface area (Å²) in [6.45, 7) is 10.7. The number of carbonyl (C=O) groups excluding carboxylic acids is 1. The second-order valence-corrected chi connectivity index (χ2v) is 11.8. The van der Waals surface area contributed by atoms with Gasteiger partial charge in [-0.1, -0.05) is 57.2 Å². The zero-order valence-electron chi connectivity index (χ0n) is 21.3. The normalized spacial score (nSPS) is 39.4. The van der Waals surface area contributed by atoms with Crippen LogP contribution in [0.4, 0.5) is 0 Å². The minimum Gasteiger partial charge on any atom is -0.393 e. The van der Waals surface area contributed by atoms with Crippen molar-refractivity contribution in [3.63, 3.8) is 0 Å². The SMILES string of the molecule is C=C1/C(=C\C=C2/CCC[C@]3(C)[C@@H]([C@H](C)/C=C/[C@@H](O)C4(C(=O)CC)CC4)CC[C@@H]23)C[C@@H](O)C[C@@H]1O. The molecule has 188 valence electrons. The van der Waals surface area contributed by atoms with E-state index in [4.69, 9.17) is 0 Å². The van der Waals surface area contributed by atoms with E-state index in [-0.39, 0.29) is 11.2 Å². The quantitative estimate of drug-likeness (QED) is 0.435. The van der Waals surface area contributed by atoms with Crippen LogP contribution in [-0.2, 0) is 4.79 Å². The van der Waals surface area contributed by atoms with Crippen LogP contribution in [0, 0.1) is 28.6 Å². The van der Waals surface area contributed by atoms with Gasteiger partial charge in [0.2, 0.25) is 0 Å². The Morgan fingerprint density at radius 1 is 1.18 bits per heavy atom. The summed E-state index contributed by atoms with van der Waals surface area (Å²) in [7, 11) is 0. The van der Waals surface area contributed by atoms with Gasteiger partial charge in [0.25, 0.3) is 0 Å². The minimum atomic E-state index is -0.657. The van der Waals surface area contributed by atoms with E-state index in [9.17, 15) is 20.1 Å². The third-order valence-electron chi connectivity index (χ3n) is 9.77. The lowest BCUT2D eigenvalue weighted by Crippen LogP contribution is -2.35. The predicted molar refractivity (Wildman–Crippen MR) is 136 cm³/mol. The number of Topliss-reactive ketones (excluding diaryl/α,β-unsaturated/α-hetero) is 1. The molecule has 4 fully saturated rings. The number of carbonyl (C=O) groups is 1. The van der Waals surface area contributed by atoms with E-state index in [0.717, 1.165) is 30.4 Å². The van der Waals surface area contributed by atoms with E-state index >= 15 is 0 Å². The van der Waals surface area contributed by atoms with Crippen LogP contribution in [0.1, 0.15) is 85.0 Å². The molecular weight excluding hydrogens is 424 g/mol. The molecule has 7 atom stereocenters. The first kappa shape index (κ1) is 25.6. The van der Waals surface area contributed by atoms with Gasteiger partial charge in [-0.25, -0.2) is 0 Å². The van der Waals surface area contributed by atoms with Crippen LogP contribution in [0.3, 0.4) is 0 Å². The Labute approximate surface area is 205 Å². The third-order valence-corrected chi connectivity index (χ3v) is 9.77. The fraction of sp³-hybridized carbons (Fsp3) is 0.700. The van der Waals surface area contributed by atoms with Crippen LogP contribution in [-0.4, -0.2) is 39.4 Å². The molecule has 34 heavy (non-hydrogen) atoms. The zero-order valence-corrected chi connectivity index (χ0v) is 21.3. The topological polar surface area (TPSA) is 77.8 Å². The monoisotopic (exact) mass is 468 g/mol. The molecule has 4 rings (SSSR count). The summed E-state index contributed by atoms with van der Waals surface area (Å²) >= 11 is 0. The molecule has 4 heteroatoms. The molecule has 0 bridgehead atoms. The maximum Gasteiger partial charge on any atom is 0.141 e. The van der Waals surface area contributed by atoms with Crippen molar-refractivity contribution in [1.29, 1.82) is 0 Å². The fourth-order valence-electron chi connectivity index (χ4n) is 7.43. The van der Waals surface area contributed by atoms with Crippen molar-refractivity contribution in [2.75, 3.05) is 0 Å². The van der Waals surface area contributed by atoms with Crippen molar-refractivity contribution in [2.24, 2.45) is 28.6 Å². The summed E-state index contributed by atoms with van der Waals surface area (Å²) in [5, 5.41) is 31.0.